The number of aromatic amines is 2. The van der Waals surface area contributed by atoms with Crippen LogP contribution in [0.5, 0.6) is 5.75 Å². The van der Waals surface area contributed by atoms with Crippen molar-refractivity contribution in [3.63, 3.8) is 0 Å². The molecule has 0 spiro atoms. The highest BCUT2D eigenvalue weighted by Crippen LogP contribution is 2.45. The van der Waals surface area contributed by atoms with Crippen LogP contribution in [-0.4, -0.2) is 27.8 Å². The molecule has 29 heavy (non-hydrogen) atoms. The lowest BCUT2D eigenvalue weighted by molar-refractivity contribution is 0.101. The summed E-state index contributed by atoms with van der Waals surface area (Å²) < 4.78 is 5.22. The second-order valence-electron chi connectivity index (χ2n) is 6.83. The second kappa shape index (κ2) is 6.62. The molecular formula is C20H19N5O4. The van der Waals surface area contributed by atoms with Gasteiger partial charge in [0, 0.05) is 11.5 Å². The molecule has 2 aromatic heterocycles. The van der Waals surface area contributed by atoms with E-state index in [0.29, 0.717) is 28.4 Å². The number of nitrogen functional groups attached to an aromatic ring is 1. The molecule has 1 aromatic carbocycles. The van der Waals surface area contributed by atoms with E-state index in [9.17, 15) is 14.4 Å². The van der Waals surface area contributed by atoms with Crippen LogP contribution >= 0.6 is 0 Å². The predicted octanol–water partition coefficient (Wildman–Crippen LogP) is 1.80. The minimum Gasteiger partial charge on any atom is -0.497 e. The first-order chi connectivity index (χ1) is 13.8. The fourth-order valence-electron chi connectivity index (χ4n) is 3.84. The number of H-pyrrole nitrogens is 2. The van der Waals surface area contributed by atoms with Crippen LogP contribution in [0.15, 0.2) is 33.9 Å². The van der Waals surface area contributed by atoms with Gasteiger partial charge in [0.1, 0.15) is 17.4 Å². The second-order valence-corrected chi connectivity index (χ2v) is 6.83. The van der Waals surface area contributed by atoms with Crippen molar-refractivity contribution in [3.05, 3.63) is 73.1 Å². The van der Waals surface area contributed by atoms with Crippen molar-refractivity contribution < 1.29 is 9.53 Å². The van der Waals surface area contributed by atoms with Crippen molar-refractivity contribution in [1.29, 1.82) is 0 Å². The van der Waals surface area contributed by atoms with E-state index >= 15 is 0 Å². The molecule has 9 heteroatoms. The highest BCUT2D eigenvalue weighted by Gasteiger charge is 2.35. The molecule has 1 atom stereocenters. The number of hydrogen-bond acceptors (Lipinski definition) is 7. The number of aryl methyl sites for hydroxylation is 1. The van der Waals surface area contributed by atoms with Gasteiger partial charge in [0.05, 0.1) is 29.6 Å². The normalized spacial score (nSPS) is 14.5. The standard InChI is InChI=1S/C20H19N5O4/c1-8-12(9(2)26)16(21)14-13(10-4-6-11(29-3)7-5-10)15-18(23-17(14)22-8)24-20(28)25-19(15)27/h4-7,13H,1-3H3,(H5,21,22,23,24,25,27,28). The number of carbonyl (C=O) groups is 1. The molecule has 1 aliphatic rings. The number of hydrogen-bond donors (Lipinski definition) is 4. The summed E-state index contributed by atoms with van der Waals surface area (Å²) in [5.41, 5.74) is 7.79. The maximum Gasteiger partial charge on any atom is 0.327 e. The van der Waals surface area contributed by atoms with Crippen molar-refractivity contribution in [2.75, 3.05) is 18.2 Å². The molecule has 4 rings (SSSR count). The summed E-state index contributed by atoms with van der Waals surface area (Å²) in [6.07, 6.45) is 0. The molecule has 9 nitrogen and oxygen atoms in total. The Morgan fingerprint density at radius 1 is 1.14 bits per heavy atom. The van der Waals surface area contributed by atoms with Gasteiger partial charge in [-0.15, -0.1) is 0 Å². The zero-order valence-electron chi connectivity index (χ0n) is 16.0. The molecule has 0 saturated carbocycles. The molecular weight excluding hydrogens is 374 g/mol. The van der Waals surface area contributed by atoms with Gasteiger partial charge in [0.15, 0.2) is 5.78 Å². The number of rotatable bonds is 3. The summed E-state index contributed by atoms with van der Waals surface area (Å²) in [6.45, 7) is 3.11. The Labute approximate surface area is 165 Å². The number of aromatic nitrogens is 3. The summed E-state index contributed by atoms with van der Waals surface area (Å²) >= 11 is 0. The van der Waals surface area contributed by atoms with E-state index in [1.54, 1.807) is 38.3 Å². The van der Waals surface area contributed by atoms with Gasteiger partial charge in [-0.05, 0) is 31.5 Å². The third-order valence-electron chi connectivity index (χ3n) is 5.06. The van der Waals surface area contributed by atoms with Crippen LogP contribution in [0.25, 0.3) is 0 Å². The number of fused-ring (bicyclic) bond motifs is 2. The first kappa shape index (κ1) is 18.5. The molecule has 0 amide bonds. The zero-order chi connectivity index (χ0) is 20.9. The summed E-state index contributed by atoms with van der Waals surface area (Å²) in [5.74, 6) is 0.426. The van der Waals surface area contributed by atoms with Gasteiger partial charge in [-0.3, -0.25) is 19.6 Å². The number of methoxy groups -OCH3 is 1. The number of Topliss-reactive ketones (excluding diaryl/α,β-unsaturated/α-hetero) is 1. The Balaban J connectivity index is 2.08. The number of nitrogens with two attached hydrogens (primary N) is 1. The zero-order valence-corrected chi connectivity index (χ0v) is 16.0. The number of benzene rings is 1. The number of carbonyl (C=O) groups excluding carboxylic acids is 1. The monoisotopic (exact) mass is 393 g/mol. The van der Waals surface area contributed by atoms with Gasteiger partial charge in [-0.25, -0.2) is 9.78 Å². The van der Waals surface area contributed by atoms with Gasteiger partial charge in [-0.1, -0.05) is 12.1 Å². The van der Waals surface area contributed by atoms with Crippen molar-refractivity contribution in [2.45, 2.75) is 19.8 Å². The Morgan fingerprint density at radius 2 is 1.83 bits per heavy atom. The van der Waals surface area contributed by atoms with E-state index in [4.69, 9.17) is 10.5 Å². The number of ketones is 1. The van der Waals surface area contributed by atoms with Gasteiger partial charge in [-0.2, -0.15) is 0 Å². The van der Waals surface area contributed by atoms with Crippen LogP contribution in [0.4, 0.5) is 17.3 Å². The first-order valence-electron chi connectivity index (χ1n) is 8.90. The molecule has 0 radical (unpaired) electrons. The molecule has 3 aromatic rings. The van der Waals surface area contributed by atoms with Gasteiger partial charge in [0.2, 0.25) is 0 Å². The average Bonchev–Trinajstić information content (AvgIpc) is 2.66. The van der Waals surface area contributed by atoms with Crippen LogP contribution in [0, 0.1) is 6.92 Å². The van der Waals surface area contributed by atoms with Crippen molar-refractivity contribution in [2.24, 2.45) is 0 Å². The quantitative estimate of drug-likeness (QED) is 0.389. The van der Waals surface area contributed by atoms with E-state index in [1.165, 1.54) is 6.92 Å². The van der Waals surface area contributed by atoms with E-state index in [1.807, 2.05) is 0 Å². The Kier molecular flexibility index (Phi) is 4.22. The van der Waals surface area contributed by atoms with Gasteiger partial charge >= 0.3 is 5.69 Å². The molecule has 0 aliphatic carbocycles. The Bertz CT molecular complexity index is 1260. The lowest BCUT2D eigenvalue weighted by Crippen LogP contribution is -2.33. The van der Waals surface area contributed by atoms with E-state index in [0.717, 1.165) is 5.56 Å². The Hall–Kier alpha value is -3.88. The molecule has 0 saturated heterocycles. The number of nitrogens with one attached hydrogen (secondary N) is 3. The van der Waals surface area contributed by atoms with Crippen LogP contribution in [-0.2, 0) is 0 Å². The fraction of sp³-hybridized carbons (Fsp3) is 0.200. The minimum atomic E-state index is -0.640. The molecule has 5 N–H and O–H groups in total. The Morgan fingerprint density at radius 3 is 2.45 bits per heavy atom. The van der Waals surface area contributed by atoms with E-state index in [2.05, 4.69) is 20.3 Å². The third-order valence-corrected chi connectivity index (χ3v) is 5.06. The molecule has 3 heterocycles. The highest BCUT2D eigenvalue weighted by atomic mass is 16.5. The van der Waals surface area contributed by atoms with Crippen LogP contribution in [0.1, 0.15) is 45.6 Å². The summed E-state index contributed by atoms with van der Waals surface area (Å²) in [4.78, 5) is 46.1. The number of pyridine rings is 1. The van der Waals surface area contributed by atoms with E-state index in [-0.39, 0.29) is 22.9 Å². The lowest BCUT2D eigenvalue weighted by Gasteiger charge is -2.30. The molecule has 1 unspecified atom stereocenters. The lowest BCUT2D eigenvalue weighted by atomic mass is 9.81. The molecule has 0 fully saturated rings. The maximum atomic E-state index is 12.7. The first-order valence-corrected chi connectivity index (χ1v) is 8.90. The minimum absolute atomic E-state index is 0.218. The van der Waals surface area contributed by atoms with Gasteiger partial charge < -0.3 is 15.8 Å². The van der Waals surface area contributed by atoms with Gasteiger partial charge in [0.25, 0.3) is 5.56 Å². The smallest absolute Gasteiger partial charge is 0.327 e. The highest BCUT2D eigenvalue weighted by molar-refractivity contribution is 6.02. The molecule has 148 valence electrons. The van der Waals surface area contributed by atoms with E-state index < -0.39 is 17.2 Å². The summed E-state index contributed by atoms with van der Waals surface area (Å²) in [7, 11) is 1.56. The average molecular weight is 393 g/mol. The number of anilines is 3. The van der Waals surface area contributed by atoms with Crippen LogP contribution < -0.4 is 27.0 Å². The number of ether oxygens (including phenoxy) is 1. The molecule has 0 bridgehead atoms. The number of nitrogens with zero attached hydrogens (tertiary/aromatic N) is 1. The largest absolute Gasteiger partial charge is 0.497 e. The van der Waals surface area contributed by atoms with Crippen molar-refractivity contribution in [1.82, 2.24) is 15.0 Å². The van der Waals surface area contributed by atoms with Crippen molar-refractivity contribution in [3.8, 4) is 5.75 Å². The third kappa shape index (κ3) is 2.87. The molecule has 1 aliphatic heterocycles. The van der Waals surface area contributed by atoms with Crippen LogP contribution in [0.3, 0.4) is 0 Å². The summed E-state index contributed by atoms with van der Waals surface area (Å²) in [5, 5.41) is 2.99. The fourth-order valence-corrected chi connectivity index (χ4v) is 3.84. The maximum absolute atomic E-state index is 12.7. The topological polar surface area (TPSA) is 143 Å². The van der Waals surface area contributed by atoms with Crippen molar-refractivity contribution >= 4 is 23.1 Å². The predicted molar refractivity (Wildman–Crippen MR) is 108 cm³/mol. The van der Waals surface area contributed by atoms with Crippen LogP contribution in [0.2, 0.25) is 0 Å². The summed E-state index contributed by atoms with van der Waals surface area (Å²) in [6, 6.07) is 7.14. The SMILES string of the molecule is COc1ccc(C2c3c(nc(C)c(C(C)=O)c3N)Nc3[nH]c(=O)[nH]c(=O)c32)cc1.